The fourth-order valence-electron chi connectivity index (χ4n) is 3.02. The average molecular weight is 344 g/mol. The fourth-order valence-corrected chi connectivity index (χ4v) is 3.15. The second-order valence-electron chi connectivity index (χ2n) is 6.30. The van der Waals surface area contributed by atoms with Crippen molar-refractivity contribution in [2.45, 2.75) is 38.5 Å². The summed E-state index contributed by atoms with van der Waals surface area (Å²) in [5.41, 5.74) is 2.84. The predicted molar refractivity (Wildman–Crippen MR) is 96.2 cm³/mol. The van der Waals surface area contributed by atoms with Crippen LogP contribution in [0.15, 0.2) is 48.5 Å². The van der Waals surface area contributed by atoms with Gasteiger partial charge in [0.1, 0.15) is 0 Å². The van der Waals surface area contributed by atoms with Gasteiger partial charge in [-0.25, -0.2) is 0 Å². The van der Waals surface area contributed by atoms with Crippen LogP contribution < -0.4 is 0 Å². The quantitative estimate of drug-likeness (QED) is 0.750. The fraction of sp³-hybridized carbons (Fsp3) is 0.350. The molecular formula is C20H22ClNO2. The number of carbonyl (C=O) groups is 1. The van der Waals surface area contributed by atoms with E-state index in [1.807, 2.05) is 53.4 Å². The number of ether oxygens (including phenoxy) is 1. The first-order valence-corrected chi connectivity index (χ1v) is 8.64. The first-order valence-electron chi connectivity index (χ1n) is 8.26. The highest BCUT2D eigenvalue weighted by molar-refractivity contribution is 6.30. The third kappa shape index (κ3) is 3.80. The summed E-state index contributed by atoms with van der Waals surface area (Å²) in [6.45, 7) is 2.59. The maximum atomic E-state index is 13.1. The van der Waals surface area contributed by atoms with E-state index in [1.54, 1.807) is 7.11 Å². The molecule has 0 saturated heterocycles. The first-order chi connectivity index (χ1) is 11.6. The molecule has 1 atom stereocenters. The molecule has 3 nitrogen and oxygen atoms in total. The van der Waals surface area contributed by atoms with Crippen LogP contribution in [0, 0.1) is 0 Å². The van der Waals surface area contributed by atoms with Crippen molar-refractivity contribution in [3.8, 4) is 0 Å². The van der Waals surface area contributed by atoms with Gasteiger partial charge >= 0.3 is 0 Å². The van der Waals surface area contributed by atoms with Gasteiger partial charge in [0.2, 0.25) is 0 Å². The molecule has 0 bridgehead atoms. The van der Waals surface area contributed by atoms with Gasteiger partial charge in [-0.05, 0) is 55.2 Å². The van der Waals surface area contributed by atoms with Crippen molar-refractivity contribution in [1.82, 2.24) is 4.90 Å². The maximum absolute atomic E-state index is 13.1. The zero-order valence-corrected chi connectivity index (χ0v) is 14.8. The Bertz CT molecular complexity index is 710. The summed E-state index contributed by atoms with van der Waals surface area (Å²) >= 11 is 5.98. The molecule has 1 saturated carbocycles. The number of benzene rings is 2. The normalized spacial score (nSPS) is 15.1. The number of carbonyl (C=O) groups excluding carboxylic acids is 1. The highest BCUT2D eigenvalue weighted by Gasteiger charge is 2.36. The van der Waals surface area contributed by atoms with E-state index in [4.69, 9.17) is 16.3 Å². The smallest absolute Gasteiger partial charge is 0.254 e. The van der Waals surface area contributed by atoms with Crippen LogP contribution in [0.2, 0.25) is 5.02 Å². The molecule has 3 rings (SSSR count). The number of hydrogen-bond donors (Lipinski definition) is 0. The zero-order chi connectivity index (χ0) is 17.1. The van der Waals surface area contributed by atoms with Crippen LogP contribution in [-0.2, 0) is 11.3 Å². The molecule has 24 heavy (non-hydrogen) atoms. The van der Waals surface area contributed by atoms with Gasteiger partial charge in [-0.15, -0.1) is 0 Å². The molecule has 0 N–H and O–H groups in total. The summed E-state index contributed by atoms with van der Waals surface area (Å²) < 4.78 is 5.17. The minimum atomic E-state index is 0.0216. The predicted octanol–water partition coefficient (Wildman–Crippen LogP) is 4.85. The lowest BCUT2D eigenvalue weighted by Crippen LogP contribution is -2.35. The number of rotatable bonds is 6. The van der Waals surface area contributed by atoms with Crippen molar-refractivity contribution in [2.24, 2.45) is 0 Å². The van der Waals surface area contributed by atoms with Crippen LogP contribution in [0.3, 0.4) is 0 Å². The minimum Gasteiger partial charge on any atom is -0.380 e. The van der Waals surface area contributed by atoms with Crippen molar-refractivity contribution in [1.29, 1.82) is 0 Å². The number of methoxy groups -OCH3 is 1. The Morgan fingerprint density at radius 1 is 1.25 bits per heavy atom. The number of halogens is 1. The third-order valence-corrected chi connectivity index (χ3v) is 4.68. The van der Waals surface area contributed by atoms with Gasteiger partial charge in [0.25, 0.3) is 5.91 Å². The van der Waals surface area contributed by atoms with Crippen molar-refractivity contribution in [3.63, 3.8) is 0 Å². The molecule has 2 aromatic rings. The van der Waals surface area contributed by atoms with Gasteiger partial charge in [0.15, 0.2) is 0 Å². The molecule has 0 spiro atoms. The number of hydrogen-bond acceptors (Lipinski definition) is 2. The molecule has 0 heterocycles. The van der Waals surface area contributed by atoms with Gasteiger partial charge in [-0.3, -0.25) is 4.79 Å². The Morgan fingerprint density at radius 2 is 1.96 bits per heavy atom. The van der Waals surface area contributed by atoms with Crippen LogP contribution in [0.25, 0.3) is 0 Å². The standard InChI is InChI=1S/C20H22ClNO2/c1-14(16-6-8-18(21)9-7-16)22(19-10-11-19)20(23)17-5-3-4-15(12-17)13-24-2/h3-9,12,14,19H,10-11,13H2,1-2H3. The summed E-state index contributed by atoms with van der Waals surface area (Å²) in [6, 6.07) is 15.8. The second-order valence-corrected chi connectivity index (χ2v) is 6.74. The molecule has 1 amide bonds. The first kappa shape index (κ1) is 17.0. The van der Waals surface area contributed by atoms with E-state index in [0.29, 0.717) is 17.7 Å². The topological polar surface area (TPSA) is 29.5 Å². The monoisotopic (exact) mass is 343 g/mol. The molecule has 2 aromatic carbocycles. The molecule has 0 radical (unpaired) electrons. The molecule has 126 valence electrons. The van der Waals surface area contributed by atoms with Gasteiger partial charge in [-0.2, -0.15) is 0 Å². The molecule has 0 aliphatic heterocycles. The number of amides is 1. The highest BCUT2D eigenvalue weighted by Crippen LogP contribution is 2.36. The highest BCUT2D eigenvalue weighted by atomic mass is 35.5. The maximum Gasteiger partial charge on any atom is 0.254 e. The van der Waals surface area contributed by atoms with Gasteiger partial charge < -0.3 is 9.64 Å². The summed E-state index contributed by atoms with van der Waals surface area (Å²) in [5, 5.41) is 0.711. The largest absolute Gasteiger partial charge is 0.380 e. The summed E-state index contributed by atoms with van der Waals surface area (Å²) in [4.78, 5) is 15.1. The Labute approximate surface area is 148 Å². The van der Waals surface area contributed by atoms with E-state index in [9.17, 15) is 4.79 Å². The SMILES string of the molecule is COCc1cccc(C(=O)N(C2CC2)C(C)c2ccc(Cl)cc2)c1. The zero-order valence-electron chi connectivity index (χ0n) is 14.0. The summed E-state index contributed by atoms with van der Waals surface area (Å²) in [7, 11) is 1.66. The number of nitrogens with zero attached hydrogens (tertiary/aromatic N) is 1. The van der Waals surface area contributed by atoms with Gasteiger partial charge in [0.05, 0.1) is 12.6 Å². The van der Waals surface area contributed by atoms with Crippen LogP contribution in [0.4, 0.5) is 0 Å². The van der Waals surface area contributed by atoms with Crippen LogP contribution in [0.5, 0.6) is 0 Å². The Balaban J connectivity index is 1.86. The second kappa shape index (κ2) is 7.37. The Morgan fingerprint density at radius 3 is 2.58 bits per heavy atom. The van der Waals surface area contributed by atoms with E-state index < -0.39 is 0 Å². The van der Waals surface area contributed by atoms with Crippen molar-refractivity contribution in [3.05, 3.63) is 70.2 Å². The lowest BCUT2D eigenvalue weighted by molar-refractivity contribution is 0.0673. The van der Waals surface area contributed by atoms with E-state index >= 15 is 0 Å². The van der Waals surface area contributed by atoms with E-state index in [-0.39, 0.29) is 11.9 Å². The van der Waals surface area contributed by atoms with Crippen LogP contribution in [-0.4, -0.2) is 24.0 Å². The third-order valence-electron chi connectivity index (χ3n) is 4.43. The summed E-state index contributed by atoms with van der Waals surface area (Å²) in [6.07, 6.45) is 2.14. The minimum absolute atomic E-state index is 0.0216. The molecule has 1 unspecified atom stereocenters. The molecular weight excluding hydrogens is 322 g/mol. The Kier molecular flexibility index (Phi) is 5.22. The van der Waals surface area contributed by atoms with E-state index in [2.05, 4.69) is 6.92 Å². The molecule has 1 aliphatic rings. The average Bonchev–Trinajstić information content (AvgIpc) is 3.41. The summed E-state index contributed by atoms with van der Waals surface area (Å²) in [5.74, 6) is 0.0814. The van der Waals surface area contributed by atoms with Crippen molar-refractivity contribution >= 4 is 17.5 Å². The van der Waals surface area contributed by atoms with Crippen molar-refractivity contribution < 1.29 is 9.53 Å². The Hall–Kier alpha value is -1.84. The van der Waals surface area contributed by atoms with Gasteiger partial charge in [-0.1, -0.05) is 35.9 Å². The van der Waals surface area contributed by atoms with Crippen LogP contribution >= 0.6 is 11.6 Å². The van der Waals surface area contributed by atoms with E-state index in [1.165, 1.54) is 0 Å². The van der Waals surface area contributed by atoms with E-state index in [0.717, 1.165) is 29.5 Å². The van der Waals surface area contributed by atoms with Gasteiger partial charge in [0, 0.05) is 23.7 Å². The lowest BCUT2D eigenvalue weighted by Gasteiger charge is -2.30. The molecule has 1 aliphatic carbocycles. The molecule has 0 aromatic heterocycles. The van der Waals surface area contributed by atoms with Crippen molar-refractivity contribution in [2.75, 3.05) is 7.11 Å². The lowest BCUT2D eigenvalue weighted by atomic mass is 10.0. The molecule has 1 fully saturated rings. The van der Waals surface area contributed by atoms with Crippen LogP contribution in [0.1, 0.15) is 47.3 Å². The molecule has 4 heteroatoms.